The van der Waals surface area contributed by atoms with Crippen LogP contribution in [0.25, 0.3) is 0 Å². The first-order valence-electron chi connectivity index (χ1n) is 9.96. The number of rotatable bonds is 9. The third kappa shape index (κ3) is 4.60. The van der Waals surface area contributed by atoms with Crippen molar-refractivity contribution >= 4 is 5.91 Å². The number of benzene rings is 1. The summed E-state index contributed by atoms with van der Waals surface area (Å²) in [7, 11) is 2.04. The Balaban J connectivity index is 1.57. The van der Waals surface area contributed by atoms with Crippen molar-refractivity contribution < 1.29 is 9.21 Å². The van der Waals surface area contributed by atoms with Gasteiger partial charge in [0.05, 0.1) is 18.8 Å². The summed E-state index contributed by atoms with van der Waals surface area (Å²) in [6.45, 7) is 7.05. The number of hydrogen-bond acceptors (Lipinski definition) is 4. The molecule has 5 heteroatoms. The van der Waals surface area contributed by atoms with Gasteiger partial charge >= 0.3 is 0 Å². The lowest BCUT2D eigenvalue weighted by Crippen LogP contribution is -2.41. The summed E-state index contributed by atoms with van der Waals surface area (Å²) >= 11 is 0. The van der Waals surface area contributed by atoms with Gasteiger partial charge in [0.2, 0.25) is 5.91 Å². The Bertz CT molecular complexity index is 725. The average Bonchev–Trinajstić information content (AvgIpc) is 3.34. The molecule has 0 radical (unpaired) electrons. The van der Waals surface area contributed by atoms with Crippen molar-refractivity contribution in [1.29, 1.82) is 0 Å². The maximum absolute atomic E-state index is 12.6. The molecule has 0 aliphatic heterocycles. The molecule has 1 aromatic carbocycles. The molecular formula is C22H31N3O2. The maximum Gasteiger partial charge on any atom is 0.234 e. The van der Waals surface area contributed by atoms with Gasteiger partial charge < -0.3 is 9.73 Å². The lowest BCUT2D eigenvalue weighted by Gasteiger charge is -2.29. The molecule has 3 rings (SSSR count). The van der Waals surface area contributed by atoms with Gasteiger partial charge in [-0.2, -0.15) is 0 Å². The second kappa shape index (κ2) is 9.20. The van der Waals surface area contributed by atoms with Crippen LogP contribution in [-0.4, -0.2) is 48.9 Å². The normalized spacial score (nSPS) is 17.3. The van der Waals surface area contributed by atoms with E-state index in [9.17, 15) is 4.79 Å². The molecule has 1 N–H and O–H groups in total. The van der Waals surface area contributed by atoms with Gasteiger partial charge in [0.25, 0.3) is 0 Å². The Labute approximate surface area is 162 Å². The van der Waals surface area contributed by atoms with Gasteiger partial charge in [-0.25, -0.2) is 0 Å². The molecule has 0 spiro atoms. The fourth-order valence-electron chi connectivity index (χ4n) is 4.15. The Kier molecular flexibility index (Phi) is 6.69. The van der Waals surface area contributed by atoms with E-state index in [0.29, 0.717) is 19.1 Å². The number of amides is 1. The Morgan fingerprint density at radius 1 is 1.22 bits per heavy atom. The summed E-state index contributed by atoms with van der Waals surface area (Å²) in [5.74, 6) is 0.961. The molecule has 1 heterocycles. The van der Waals surface area contributed by atoms with Gasteiger partial charge in [0.1, 0.15) is 5.76 Å². The minimum Gasteiger partial charge on any atom is -0.468 e. The van der Waals surface area contributed by atoms with E-state index in [1.807, 2.05) is 19.2 Å². The third-order valence-electron chi connectivity index (χ3n) is 5.64. The predicted molar refractivity (Wildman–Crippen MR) is 108 cm³/mol. The molecule has 146 valence electrons. The van der Waals surface area contributed by atoms with Gasteiger partial charge in [0, 0.05) is 12.6 Å². The van der Waals surface area contributed by atoms with Crippen molar-refractivity contribution in [2.75, 3.05) is 33.2 Å². The highest BCUT2D eigenvalue weighted by Gasteiger charge is 2.27. The highest BCUT2D eigenvalue weighted by Crippen LogP contribution is 2.34. The van der Waals surface area contributed by atoms with E-state index in [-0.39, 0.29) is 11.9 Å². The standard InChI is InChI=1S/C22H31N3O2/c1-4-25(5-2)20(21-11-8-14-27-21)15-23-22(26)16-24(3)19-13-12-17-9-6-7-10-18(17)19/h6-11,14,19-20H,4-5,12-13,15-16H2,1-3H3,(H,23,26)/t19-,20-/m0/s1. The Morgan fingerprint density at radius 3 is 2.70 bits per heavy atom. The monoisotopic (exact) mass is 369 g/mol. The zero-order valence-electron chi connectivity index (χ0n) is 16.6. The summed E-state index contributed by atoms with van der Waals surface area (Å²) < 4.78 is 5.61. The zero-order chi connectivity index (χ0) is 19.2. The van der Waals surface area contributed by atoms with Crippen LogP contribution in [-0.2, 0) is 11.2 Å². The zero-order valence-corrected chi connectivity index (χ0v) is 16.6. The third-order valence-corrected chi connectivity index (χ3v) is 5.64. The van der Waals surface area contributed by atoms with E-state index in [4.69, 9.17) is 4.42 Å². The van der Waals surface area contributed by atoms with Crippen molar-refractivity contribution in [2.24, 2.45) is 0 Å². The number of hydrogen-bond donors (Lipinski definition) is 1. The quantitative estimate of drug-likeness (QED) is 0.736. The Morgan fingerprint density at radius 2 is 2.00 bits per heavy atom. The van der Waals surface area contributed by atoms with Crippen LogP contribution in [0.4, 0.5) is 0 Å². The van der Waals surface area contributed by atoms with Crippen LogP contribution in [0.2, 0.25) is 0 Å². The molecule has 5 nitrogen and oxygen atoms in total. The first-order chi connectivity index (χ1) is 13.1. The van der Waals surface area contributed by atoms with Gasteiger partial charge in [-0.15, -0.1) is 0 Å². The number of aryl methyl sites for hydroxylation is 1. The molecule has 0 fully saturated rings. The summed E-state index contributed by atoms with van der Waals surface area (Å²) in [5.41, 5.74) is 2.78. The first-order valence-corrected chi connectivity index (χ1v) is 9.96. The van der Waals surface area contributed by atoms with Crippen LogP contribution in [0.15, 0.2) is 47.1 Å². The van der Waals surface area contributed by atoms with E-state index >= 15 is 0 Å². The fourth-order valence-corrected chi connectivity index (χ4v) is 4.15. The number of carbonyl (C=O) groups excluding carboxylic acids is 1. The van der Waals surface area contributed by atoms with Gasteiger partial charge in [-0.05, 0) is 56.2 Å². The molecular weight excluding hydrogens is 338 g/mol. The minimum atomic E-state index is 0.0607. The van der Waals surface area contributed by atoms with Crippen LogP contribution < -0.4 is 5.32 Å². The lowest BCUT2D eigenvalue weighted by atomic mass is 10.1. The SMILES string of the molecule is CCN(CC)[C@@H](CNC(=O)CN(C)[C@H]1CCc2ccccc21)c1ccco1. The molecule has 0 saturated carbocycles. The molecule has 2 atom stereocenters. The smallest absolute Gasteiger partial charge is 0.234 e. The van der Waals surface area contributed by atoms with Crippen molar-refractivity contribution in [3.8, 4) is 0 Å². The molecule has 1 aliphatic rings. The molecule has 0 unspecified atom stereocenters. The molecule has 27 heavy (non-hydrogen) atoms. The number of nitrogens with one attached hydrogen (secondary N) is 1. The van der Waals surface area contributed by atoms with Crippen LogP contribution in [0.1, 0.15) is 49.2 Å². The van der Waals surface area contributed by atoms with Crippen molar-refractivity contribution in [2.45, 2.75) is 38.8 Å². The van der Waals surface area contributed by atoms with Gasteiger partial charge in [-0.3, -0.25) is 14.6 Å². The van der Waals surface area contributed by atoms with Crippen molar-refractivity contribution in [3.05, 3.63) is 59.5 Å². The van der Waals surface area contributed by atoms with E-state index in [2.05, 4.69) is 53.2 Å². The van der Waals surface area contributed by atoms with Crippen LogP contribution in [0, 0.1) is 0 Å². The summed E-state index contributed by atoms with van der Waals surface area (Å²) in [6.07, 6.45) is 3.87. The second-order valence-electron chi connectivity index (χ2n) is 7.22. The maximum atomic E-state index is 12.6. The first kappa shape index (κ1) is 19.6. The second-order valence-corrected chi connectivity index (χ2v) is 7.22. The number of furan rings is 1. The van der Waals surface area contributed by atoms with Crippen LogP contribution >= 0.6 is 0 Å². The molecule has 2 aromatic rings. The van der Waals surface area contributed by atoms with Crippen molar-refractivity contribution in [1.82, 2.24) is 15.1 Å². The number of nitrogens with zero attached hydrogens (tertiary/aromatic N) is 2. The molecule has 0 saturated heterocycles. The predicted octanol–water partition coefficient (Wildman–Crippen LogP) is 3.40. The summed E-state index contributed by atoms with van der Waals surface area (Å²) in [5, 5.41) is 3.12. The molecule has 0 bridgehead atoms. The van der Waals surface area contributed by atoms with Gasteiger partial charge in [-0.1, -0.05) is 38.1 Å². The summed E-state index contributed by atoms with van der Waals surface area (Å²) in [4.78, 5) is 17.1. The number of fused-ring (bicyclic) bond motifs is 1. The number of likely N-dealkylation sites (N-methyl/N-ethyl adjacent to an activating group) is 2. The molecule has 1 aliphatic carbocycles. The van der Waals surface area contributed by atoms with Crippen LogP contribution in [0.5, 0.6) is 0 Å². The van der Waals surface area contributed by atoms with E-state index < -0.39 is 0 Å². The number of carbonyl (C=O) groups is 1. The lowest BCUT2D eigenvalue weighted by molar-refractivity contribution is -0.122. The van der Waals surface area contributed by atoms with Crippen LogP contribution in [0.3, 0.4) is 0 Å². The summed E-state index contributed by atoms with van der Waals surface area (Å²) in [6, 6.07) is 12.8. The topological polar surface area (TPSA) is 48.7 Å². The van der Waals surface area contributed by atoms with Gasteiger partial charge in [0.15, 0.2) is 0 Å². The Hall–Kier alpha value is -2.11. The minimum absolute atomic E-state index is 0.0607. The largest absolute Gasteiger partial charge is 0.468 e. The molecule has 1 aromatic heterocycles. The highest BCUT2D eigenvalue weighted by molar-refractivity contribution is 5.78. The van der Waals surface area contributed by atoms with E-state index in [1.165, 1.54) is 11.1 Å². The highest BCUT2D eigenvalue weighted by atomic mass is 16.3. The molecule has 1 amide bonds. The van der Waals surface area contributed by atoms with E-state index in [1.54, 1.807) is 6.26 Å². The average molecular weight is 370 g/mol. The van der Waals surface area contributed by atoms with Crippen molar-refractivity contribution in [3.63, 3.8) is 0 Å². The fraction of sp³-hybridized carbons (Fsp3) is 0.500. The van der Waals surface area contributed by atoms with E-state index in [0.717, 1.165) is 31.7 Å².